The Morgan fingerprint density at radius 1 is 0.378 bits per heavy atom. The third-order valence-corrected chi connectivity index (χ3v) is 11.2. The molecule has 0 N–H and O–H groups in total. The molecule has 8 bridgehead atoms. The Labute approximate surface area is 285 Å². The molecule has 0 saturated carbocycles. The number of rotatable bonds is 4. The normalized spacial score (nSPS) is 12.1. The van der Waals surface area contributed by atoms with Crippen LogP contribution in [0, 0.1) is 0 Å². The van der Waals surface area contributed by atoms with E-state index in [9.17, 15) is 0 Å². The number of nitrogens with zero attached hydrogens (tertiary/aromatic N) is 4. The first-order chi connectivity index (χ1) is 21.8. The molecule has 0 unspecified atom stereocenters. The van der Waals surface area contributed by atoms with Crippen molar-refractivity contribution in [2.75, 3.05) is 0 Å². The Kier molecular flexibility index (Phi) is 7.38. The molecule has 0 aromatic carbocycles. The van der Waals surface area contributed by atoms with Crippen molar-refractivity contribution in [1.29, 1.82) is 0 Å². The zero-order valence-electron chi connectivity index (χ0n) is 23.3. The summed E-state index contributed by atoms with van der Waals surface area (Å²) in [7, 11) is 0. The number of hydrogen-bond donors (Lipinski definition) is 0. The van der Waals surface area contributed by atoms with Gasteiger partial charge in [0.05, 0.1) is 22.8 Å². The molecule has 0 atom stereocenters. The van der Waals surface area contributed by atoms with E-state index in [-0.39, 0.29) is 17.1 Å². The van der Waals surface area contributed by atoms with Crippen molar-refractivity contribution in [2.24, 2.45) is 0 Å². The first kappa shape index (κ1) is 28.4. The predicted molar refractivity (Wildman–Crippen MR) is 190 cm³/mol. The van der Waals surface area contributed by atoms with Gasteiger partial charge in [-0.05, 0) is 70.1 Å². The van der Waals surface area contributed by atoms with E-state index in [2.05, 4.69) is 119 Å². The second kappa shape index (κ2) is 11.7. The fraction of sp³-hybridized carbons (Fsp3) is 0. The summed E-state index contributed by atoms with van der Waals surface area (Å²) >= 11 is 6.81. The maximum atomic E-state index is 5.27. The first-order valence-electron chi connectivity index (χ1n) is 14.0. The molecular formula is C36H20CuN4S4. The molecule has 7 aromatic heterocycles. The molecule has 4 nitrogen and oxygen atoms in total. The summed E-state index contributed by atoms with van der Waals surface area (Å²) in [5.74, 6) is 0. The topological polar surface area (TPSA) is 54.0 Å². The molecule has 1 radical (unpaired) electrons. The van der Waals surface area contributed by atoms with Gasteiger partial charge in [0.25, 0.3) is 0 Å². The van der Waals surface area contributed by atoms with Crippen molar-refractivity contribution >= 4 is 91.7 Å². The average molecular weight is 700 g/mol. The molecule has 0 saturated heterocycles. The van der Waals surface area contributed by atoms with Crippen LogP contribution in [-0.2, 0) is 17.1 Å². The Morgan fingerprint density at radius 2 is 0.644 bits per heavy atom. The van der Waals surface area contributed by atoms with E-state index in [0.29, 0.717) is 0 Å². The Morgan fingerprint density at radius 3 is 0.867 bits per heavy atom. The quantitative estimate of drug-likeness (QED) is 0.172. The molecular weight excluding hydrogens is 680 g/mol. The molecule has 2 aliphatic rings. The van der Waals surface area contributed by atoms with E-state index in [1.54, 1.807) is 45.3 Å². The minimum absolute atomic E-state index is 0. The third kappa shape index (κ3) is 4.93. The Hall–Kier alpha value is -4.08. The van der Waals surface area contributed by atoms with Gasteiger partial charge in [-0.3, -0.25) is 0 Å². The van der Waals surface area contributed by atoms with Crippen molar-refractivity contribution in [3.8, 4) is 41.8 Å². The molecule has 9 rings (SSSR count). The molecule has 7 aromatic rings. The zero-order valence-corrected chi connectivity index (χ0v) is 27.5. The van der Waals surface area contributed by atoms with Crippen molar-refractivity contribution in [3.63, 3.8) is 0 Å². The summed E-state index contributed by atoms with van der Waals surface area (Å²) < 4.78 is 0. The Balaban J connectivity index is 0.00000300. The molecule has 0 amide bonds. The van der Waals surface area contributed by atoms with E-state index >= 15 is 0 Å². The van der Waals surface area contributed by atoms with Gasteiger partial charge in [0.1, 0.15) is 0 Å². The molecule has 0 aliphatic carbocycles. The van der Waals surface area contributed by atoms with Gasteiger partial charge < -0.3 is 9.97 Å². The second-order valence-corrected chi connectivity index (χ2v) is 14.1. The van der Waals surface area contributed by atoms with Gasteiger partial charge in [0.15, 0.2) is 0 Å². The van der Waals surface area contributed by atoms with Crippen LogP contribution in [0.15, 0.2) is 94.3 Å². The summed E-state index contributed by atoms with van der Waals surface area (Å²) in [5, 5.41) is 8.42. The standard InChI is InChI=1S/C36H20N4S4.Cu/c1-5-29(41-17-1)33-21-9-11-23(37-21)34(30-6-2-18-42-30)25-13-15-27(39-25)36(32-8-4-20-44-32)28-16-14-26(40-28)35(31-7-3-19-43-31)24-12-10-22(33)38-24;/h1-20H;/q-2;+2. The summed E-state index contributed by atoms with van der Waals surface area (Å²) in [6, 6.07) is 25.4. The van der Waals surface area contributed by atoms with Crippen LogP contribution >= 0.6 is 45.3 Å². The van der Waals surface area contributed by atoms with Crippen LogP contribution in [0.3, 0.4) is 0 Å². The largest absolute Gasteiger partial charge is 2.00 e. The van der Waals surface area contributed by atoms with Gasteiger partial charge in [-0.15, -0.1) is 67.4 Å². The molecule has 9 heterocycles. The molecule has 9 heteroatoms. The van der Waals surface area contributed by atoms with Crippen LogP contribution < -0.4 is 9.97 Å². The number of aromatic nitrogens is 4. The summed E-state index contributed by atoms with van der Waals surface area (Å²) in [5.41, 5.74) is 11.3. The number of fused-ring (bicyclic) bond motifs is 8. The van der Waals surface area contributed by atoms with Crippen LogP contribution in [-0.4, -0.2) is 9.97 Å². The third-order valence-electron chi connectivity index (χ3n) is 7.68. The molecule has 0 fully saturated rings. The van der Waals surface area contributed by atoms with Crippen LogP contribution in [0.25, 0.3) is 88.1 Å². The summed E-state index contributed by atoms with van der Waals surface area (Å²) in [6.07, 6.45) is 8.47. The van der Waals surface area contributed by atoms with Crippen LogP contribution in [0.1, 0.15) is 22.8 Å². The van der Waals surface area contributed by atoms with Crippen molar-refractivity contribution in [2.45, 2.75) is 0 Å². The molecule has 2 aliphatic heterocycles. The summed E-state index contributed by atoms with van der Waals surface area (Å²) in [4.78, 5) is 25.6. The van der Waals surface area contributed by atoms with E-state index in [1.165, 1.54) is 0 Å². The molecule has 45 heavy (non-hydrogen) atoms. The second-order valence-electron chi connectivity index (χ2n) is 10.3. The number of thiophene rings is 4. The maximum Gasteiger partial charge on any atom is 2.00 e. The van der Waals surface area contributed by atoms with Crippen LogP contribution in [0.5, 0.6) is 0 Å². The van der Waals surface area contributed by atoms with Crippen LogP contribution in [0.4, 0.5) is 0 Å². The SMILES string of the molecule is C1=Cc2nc1c(-c1cccs1)c1ccc([n-]1)c(-c1cccs1)c1nc(c(-c3cccs3)c3ccc([n-]3)c2-c2cccs2)C=C1.[Cu+2]. The Bertz CT molecular complexity index is 2040. The fourth-order valence-electron chi connectivity index (χ4n) is 5.78. The van der Waals surface area contributed by atoms with Crippen molar-refractivity contribution < 1.29 is 17.1 Å². The monoisotopic (exact) mass is 699 g/mol. The van der Waals surface area contributed by atoms with E-state index in [1.807, 2.05) is 0 Å². The van der Waals surface area contributed by atoms with Crippen molar-refractivity contribution in [1.82, 2.24) is 19.9 Å². The van der Waals surface area contributed by atoms with E-state index < -0.39 is 0 Å². The molecule has 219 valence electrons. The van der Waals surface area contributed by atoms with Gasteiger partial charge in [0, 0.05) is 41.8 Å². The summed E-state index contributed by atoms with van der Waals surface area (Å²) in [6.45, 7) is 0. The maximum absolute atomic E-state index is 5.27. The smallest absolute Gasteiger partial charge is 0.657 e. The first-order valence-corrected chi connectivity index (χ1v) is 17.5. The minimum atomic E-state index is 0. The van der Waals surface area contributed by atoms with E-state index in [0.717, 1.165) is 86.6 Å². The predicted octanol–water partition coefficient (Wildman–Crippen LogP) is 10.8. The van der Waals surface area contributed by atoms with Gasteiger partial charge in [-0.25, -0.2) is 9.97 Å². The molecule has 0 spiro atoms. The van der Waals surface area contributed by atoms with Crippen molar-refractivity contribution in [3.05, 3.63) is 117 Å². The van der Waals surface area contributed by atoms with Gasteiger partial charge in [0.2, 0.25) is 0 Å². The van der Waals surface area contributed by atoms with Gasteiger partial charge >= 0.3 is 17.1 Å². The fourth-order valence-corrected chi connectivity index (χ4v) is 8.93. The number of hydrogen-bond acceptors (Lipinski definition) is 6. The van der Waals surface area contributed by atoms with Gasteiger partial charge in [-0.2, -0.15) is 0 Å². The minimum Gasteiger partial charge on any atom is -0.657 e. The van der Waals surface area contributed by atoms with E-state index in [4.69, 9.17) is 19.9 Å². The zero-order chi connectivity index (χ0) is 29.0. The van der Waals surface area contributed by atoms with Gasteiger partial charge in [-0.1, -0.05) is 48.5 Å². The average Bonchev–Trinajstić information content (AvgIpc) is 3.90. The van der Waals surface area contributed by atoms with Crippen LogP contribution in [0.2, 0.25) is 0 Å².